The first kappa shape index (κ1) is 86.4. The van der Waals surface area contributed by atoms with Gasteiger partial charge in [0.25, 0.3) is 0 Å². The Kier molecular flexibility index (Phi) is 47.3. The van der Waals surface area contributed by atoms with Crippen LogP contribution in [0.5, 0.6) is 0 Å². The molecule has 0 aromatic rings. The van der Waals surface area contributed by atoms with Crippen molar-refractivity contribution < 1.29 is 90.8 Å². The lowest BCUT2D eigenvalue weighted by Crippen LogP contribution is -2.56. The summed E-state index contributed by atoms with van der Waals surface area (Å²) in [5.41, 5.74) is -1.78. The van der Waals surface area contributed by atoms with E-state index < -0.39 is 65.1 Å². The number of carbonyl (C=O) groups is 8. The van der Waals surface area contributed by atoms with E-state index in [1.807, 2.05) is 14.1 Å². The van der Waals surface area contributed by atoms with Crippen molar-refractivity contribution in [3.05, 3.63) is 0 Å². The van der Waals surface area contributed by atoms with Gasteiger partial charge in [-0.25, -0.2) is 24.0 Å². The van der Waals surface area contributed by atoms with Gasteiger partial charge in [0.1, 0.15) is 34.9 Å². The molecule has 5 aliphatic heterocycles. The molecule has 0 aromatic heterocycles. The van der Waals surface area contributed by atoms with Crippen molar-refractivity contribution in [1.82, 2.24) is 40.4 Å². The molecule has 80 heavy (non-hydrogen) atoms. The smallest absolute Gasteiger partial charge is 0.411 e. The topological polar surface area (TPSA) is 301 Å². The zero-order valence-corrected chi connectivity index (χ0v) is 48.7. The number of morpholine rings is 5. The molecule has 0 bridgehead atoms. The van der Waals surface area contributed by atoms with E-state index in [0.717, 1.165) is 13.1 Å². The summed E-state index contributed by atoms with van der Waals surface area (Å²) in [6, 6.07) is -2.67. The average molecular weight is 1180 g/mol. The minimum atomic E-state index is -1.08. The zero-order chi connectivity index (χ0) is 57.7. The van der Waals surface area contributed by atoms with Crippen molar-refractivity contribution in [1.29, 1.82) is 0 Å². The third-order valence-corrected chi connectivity index (χ3v) is 9.82. The predicted molar refractivity (Wildman–Crippen MR) is 306 cm³/mol. The zero-order valence-electron chi connectivity index (χ0n) is 47.9. The summed E-state index contributed by atoms with van der Waals surface area (Å²) < 4.78 is 50.4. The van der Waals surface area contributed by atoms with Gasteiger partial charge in [-0.2, -0.15) is 0 Å². The predicted octanol–water partition coefficient (Wildman–Crippen LogP) is 3.23. The normalized spacial score (nSPS) is 20.3. The number of hydrogen-bond acceptors (Lipinski definition) is 21. The maximum atomic E-state index is 12.0. The van der Waals surface area contributed by atoms with Crippen LogP contribution < -0.4 is 16.0 Å². The Hall–Kier alpha value is -4.87. The van der Waals surface area contributed by atoms with E-state index in [-0.39, 0.29) is 98.3 Å². The van der Waals surface area contributed by atoms with Crippen molar-refractivity contribution in [3.63, 3.8) is 0 Å². The molecule has 4 N–H and O–H groups in total. The second-order valence-electron chi connectivity index (χ2n) is 20.3. The van der Waals surface area contributed by atoms with Crippen LogP contribution in [0.15, 0.2) is 0 Å². The molecule has 0 saturated carbocycles. The molecule has 5 amide bonds. The molecule has 5 fully saturated rings. The van der Waals surface area contributed by atoms with E-state index in [2.05, 4.69) is 25.4 Å². The fourth-order valence-corrected chi connectivity index (χ4v) is 6.36. The van der Waals surface area contributed by atoms with Crippen LogP contribution in [-0.2, 0) is 71.3 Å². The molecule has 27 nitrogen and oxygen atoms in total. The van der Waals surface area contributed by atoms with E-state index in [1.54, 1.807) is 95.4 Å². The first-order valence-corrected chi connectivity index (χ1v) is 24.6. The van der Waals surface area contributed by atoms with Gasteiger partial charge in [-0.1, -0.05) is 29.7 Å². The number of esters is 2. The molecule has 28 heteroatoms. The van der Waals surface area contributed by atoms with Crippen LogP contribution in [0.1, 0.15) is 92.0 Å². The molecule has 5 unspecified atom stereocenters. The molecule has 5 heterocycles. The highest BCUT2D eigenvalue weighted by Crippen LogP contribution is 2.18. The van der Waals surface area contributed by atoms with Crippen LogP contribution in [-0.4, -0.2) is 280 Å². The first-order valence-electron chi connectivity index (χ1n) is 24.6. The molecular formula is C52H107ClN8O19. The maximum Gasteiger partial charge on any atom is 0.411 e. The summed E-state index contributed by atoms with van der Waals surface area (Å²) in [6.45, 7) is 22.2. The highest BCUT2D eigenvalue weighted by molar-refractivity contribution is 5.86. The number of carbonyl (C=O) groups excluding carboxylic acids is 7. The molecular weight excluding hydrogens is 1080 g/mol. The summed E-state index contributed by atoms with van der Waals surface area (Å²) >= 11 is 0. The molecule has 5 saturated heterocycles. The van der Waals surface area contributed by atoms with Crippen molar-refractivity contribution in [2.75, 3.05) is 155 Å². The lowest BCUT2D eigenvalue weighted by molar-refractivity contribution is -0.152. The Morgan fingerprint density at radius 3 is 1.09 bits per heavy atom. The summed E-state index contributed by atoms with van der Waals surface area (Å²) in [5, 5.41) is 17.7. The Morgan fingerprint density at radius 1 is 0.487 bits per heavy atom. The Bertz CT molecular complexity index is 1750. The number of carboxylic acid groups (broad SMARTS) is 1. The standard InChI is InChI=1S/C12H22N2O4.C11H19NO5.C10H17NO5.C7H14N2O2.C6H11NO3.C2H7N.4CH4.ClH/c1-12(2,3)18-11(16)14-6-7-17-8-9(14)10(15)13(4)5;1-11(2,3)17-10(14)12-5-6-16-7-8(12)9(13)15-4;1-10(2,3)16-9(14)11-4-5-15-6-7(11)8(12)13;1-9(2)7(10)6-5-11-4-3-8-6;1-9-6(8)5-4-10-3-2-7-5;1-3-2;;;;;/h9H,6-8H2,1-5H3;8H,5-7H2,1-4H3;7H,4-6H2,1-3H3,(H,12,13);6,8H,3-5H2,1-2H3;5,7H,2-4H2,1H3;3H,1-2H3;4*1H4;1H. The van der Waals surface area contributed by atoms with Crippen LogP contribution in [0.3, 0.4) is 0 Å². The minimum Gasteiger partial charge on any atom is -0.480 e. The van der Waals surface area contributed by atoms with E-state index in [4.69, 9.17) is 43.0 Å². The van der Waals surface area contributed by atoms with Crippen molar-refractivity contribution in [2.24, 2.45) is 0 Å². The number of nitrogens with one attached hydrogen (secondary N) is 3. The van der Waals surface area contributed by atoms with E-state index in [9.17, 15) is 38.4 Å². The van der Waals surface area contributed by atoms with Gasteiger partial charge >= 0.3 is 36.2 Å². The molecule has 0 aliphatic carbocycles. The quantitative estimate of drug-likeness (QED) is 0.227. The fourth-order valence-electron chi connectivity index (χ4n) is 6.36. The van der Waals surface area contributed by atoms with E-state index in [0.29, 0.717) is 59.3 Å². The number of methoxy groups -OCH3 is 2. The summed E-state index contributed by atoms with van der Waals surface area (Å²) in [6.07, 6.45) is -1.59. The number of aliphatic carboxylic acids is 1. The monoisotopic (exact) mass is 1180 g/mol. The van der Waals surface area contributed by atoms with Gasteiger partial charge in [0.2, 0.25) is 11.8 Å². The number of rotatable bonds is 5. The number of hydrogen-bond donors (Lipinski definition) is 4. The van der Waals surface area contributed by atoms with Crippen LogP contribution >= 0.6 is 12.4 Å². The number of halogens is 1. The fraction of sp³-hybridized carbons (Fsp3) is 0.846. The van der Waals surface area contributed by atoms with Crippen molar-refractivity contribution in [3.8, 4) is 0 Å². The minimum absolute atomic E-state index is 0. The number of nitrogens with zero attached hydrogens (tertiary/aromatic N) is 5. The number of amides is 5. The van der Waals surface area contributed by atoms with Crippen LogP contribution in [0.25, 0.3) is 0 Å². The third-order valence-electron chi connectivity index (χ3n) is 9.82. The molecule has 476 valence electrons. The Morgan fingerprint density at radius 2 is 0.787 bits per heavy atom. The Balaban J connectivity index is -0.000000211. The summed E-state index contributed by atoms with van der Waals surface area (Å²) in [4.78, 5) is 99.1. The average Bonchev–Trinajstić information content (AvgIpc) is 3.35. The van der Waals surface area contributed by atoms with Gasteiger partial charge in [-0.3, -0.25) is 29.1 Å². The van der Waals surface area contributed by atoms with Gasteiger partial charge in [0, 0.05) is 60.9 Å². The number of ether oxygens (including phenoxy) is 10. The Labute approximate surface area is 484 Å². The second kappa shape index (κ2) is 43.8. The maximum absolute atomic E-state index is 12.0. The molecule has 0 aromatic carbocycles. The van der Waals surface area contributed by atoms with Gasteiger partial charge in [-0.15, -0.1) is 12.4 Å². The van der Waals surface area contributed by atoms with Crippen molar-refractivity contribution in [2.45, 2.75) is 139 Å². The third kappa shape index (κ3) is 35.8. The summed E-state index contributed by atoms with van der Waals surface area (Å²) in [7, 11) is 13.2. The number of carboxylic acids is 1. The van der Waals surface area contributed by atoms with E-state index in [1.165, 1.54) is 33.8 Å². The first-order chi connectivity index (χ1) is 34.9. The summed E-state index contributed by atoms with van der Waals surface area (Å²) in [5.74, 6) is -1.88. The lowest BCUT2D eigenvalue weighted by Gasteiger charge is -2.36. The number of likely N-dealkylation sites (N-methyl/N-ethyl adjacent to an activating group) is 2. The SMILES string of the molecule is C.C.C.C.CC(C)(C)OC(=O)N1CCOCC1C(=O)O.CN(C)C(=O)C1COCCN1.CN(C)C(=O)C1COCCN1C(=O)OC(C)(C)C.CNC.COC(=O)C1COCCN1.COC(=O)C1COCCN1C(=O)OC(C)(C)C.Cl. The largest absolute Gasteiger partial charge is 0.480 e. The van der Waals surface area contributed by atoms with Crippen molar-refractivity contribution >= 4 is 60.4 Å². The van der Waals surface area contributed by atoms with Gasteiger partial charge < -0.3 is 78.2 Å². The van der Waals surface area contributed by atoms with Crippen LogP contribution in [0.4, 0.5) is 14.4 Å². The van der Waals surface area contributed by atoms with Crippen LogP contribution in [0, 0.1) is 0 Å². The van der Waals surface area contributed by atoms with Crippen LogP contribution in [0.2, 0.25) is 0 Å². The molecule has 0 radical (unpaired) electrons. The molecule has 0 spiro atoms. The van der Waals surface area contributed by atoms with Gasteiger partial charge in [0.05, 0.1) is 80.3 Å². The molecule has 5 aliphatic rings. The highest BCUT2D eigenvalue weighted by atomic mass is 35.5. The molecule has 5 atom stereocenters. The van der Waals surface area contributed by atoms with Gasteiger partial charge in [-0.05, 0) is 76.4 Å². The lowest BCUT2D eigenvalue weighted by atomic mass is 10.2. The van der Waals surface area contributed by atoms with Gasteiger partial charge in [0.15, 0.2) is 12.1 Å². The van der Waals surface area contributed by atoms with E-state index >= 15 is 0 Å². The highest BCUT2D eigenvalue weighted by Gasteiger charge is 2.38. The molecule has 5 rings (SSSR count). The second-order valence-corrected chi connectivity index (χ2v) is 20.3.